The third-order valence-corrected chi connectivity index (χ3v) is 14.6. The van der Waals surface area contributed by atoms with Gasteiger partial charge in [0.25, 0.3) is 0 Å². The number of furan rings is 1. The molecule has 2 aliphatic carbocycles. The van der Waals surface area contributed by atoms with Gasteiger partial charge in [-0.3, -0.25) is 0 Å². The Morgan fingerprint density at radius 1 is 0.545 bits per heavy atom. The summed E-state index contributed by atoms with van der Waals surface area (Å²) in [4.78, 5) is 5.49. The lowest BCUT2D eigenvalue weighted by Gasteiger charge is -2.27. The number of hydrogen-bond donors (Lipinski definition) is 1. The average molecular weight is 849 g/mol. The lowest BCUT2D eigenvalue weighted by Crippen LogP contribution is -2.30. The molecule has 5 nitrogen and oxygen atoms in total. The highest BCUT2D eigenvalue weighted by Gasteiger charge is 2.36. The second-order valence-electron chi connectivity index (χ2n) is 18.6. The number of rotatable bonds is 5. The molecule has 11 aromatic rings. The van der Waals surface area contributed by atoms with Gasteiger partial charge >= 0.3 is 0 Å². The number of allylic oxidation sites excluding steroid dienone is 4. The van der Waals surface area contributed by atoms with Crippen LogP contribution in [-0.4, -0.2) is 14.8 Å². The summed E-state index contributed by atoms with van der Waals surface area (Å²) in [6.45, 7) is 4.73. The Morgan fingerprint density at radius 2 is 1.26 bits per heavy atom. The normalized spacial score (nSPS) is 16.5. The second kappa shape index (κ2) is 13.9. The molecule has 314 valence electrons. The molecule has 0 amide bonds. The van der Waals surface area contributed by atoms with Crippen molar-refractivity contribution in [1.29, 1.82) is 0 Å². The maximum atomic E-state index is 6.57. The van der Waals surface area contributed by atoms with Gasteiger partial charge in [-0.15, -0.1) is 0 Å². The van der Waals surface area contributed by atoms with Crippen molar-refractivity contribution in [1.82, 2.24) is 14.5 Å². The molecule has 3 aliphatic rings. The van der Waals surface area contributed by atoms with E-state index in [-0.39, 0.29) is 5.41 Å². The molecule has 0 saturated carbocycles. The standard InChI is InChI=1S/C61H44N4O/c1-61(2)50-24-14-12-22-42(50)44-32-47-45-30-39(26-28-54(45)64(56(47)34-51(44)61)41-20-10-5-11-21-41)40-27-29-55-46(31-40)48-33-49-43-23-13-15-25-58(43)66-59(49)36-57(48)65(55)60-62-52(37-16-6-3-7-17-37)35-53(63-60)38-18-8-4-9-19-38/h3,5-8,10-36,60,63H,4,9H2,1-2H3. The summed E-state index contributed by atoms with van der Waals surface area (Å²) in [6, 6.07) is 62.2. The molecule has 14 rings (SSSR count). The molecule has 66 heavy (non-hydrogen) atoms. The molecule has 4 heterocycles. The average Bonchev–Trinajstić information content (AvgIpc) is 4.07. The minimum Gasteiger partial charge on any atom is -0.456 e. The molecule has 0 saturated heterocycles. The first-order chi connectivity index (χ1) is 32.5. The maximum absolute atomic E-state index is 6.57. The molecule has 8 aromatic carbocycles. The van der Waals surface area contributed by atoms with E-state index in [0.29, 0.717) is 0 Å². The maximum Gasteiger partial charge on any atom is 0.201 e. The van der Waals surface area contributed by atoms with Gasteiger partial charge in [-0.2, -0.15) is 0 Å². The Bertz CT molecular complexity index is 3980. The number of nitrogens with one attached hydrogen (secondary N) is 1. The van der Waals surface area contributed by atoms with E-state index in [1.165, 1.54) is 60.6 Å². The molecule has 0 radical (unpaired) electrons. The molecule has 1 aliphatic heterocycles. The van der Waals surface area contributed by atoms with Crippen molar-refractivity contribution < 1.29 is 4.42 Å². The monoisotopic (exact) mass is 848 g/mol. The molecule has 1 unspecified atom stereocenters. The predicted molar refractivity (Wildman–Crippen MR) is 274 cm³/mol. The summed E-state index contributed by atoms with van der Waals surface area (Å²) in [5.74, 6) is 0. The van der Waals surface area contributed by atoms with Crippen LogP contribution in [0, 0.1) is 0 Å². The number of hydrogen-bond acceptors (Lipinski definition) is 3. The van der Waals surface area contributed by atoms with Gasteiger partial charge in [-0.05, 0) is 124 Å². The van der Waals surface area contributed by atoms with Crippen LogP contribution in [0.4, 0.5) is 0 Å². The number of para-hydroxylation sites is 2. The Kier molecular flexibility index (Phi) is 7.86. The Balaban J connectivity index is 0.994. The molecule has 0 fully saturated rings. The number of aliphatic imine (C=N–C) groups is 1. The Hall–Kier alpha value is -8.15. The number of benzene rings is 8. The van der Waals surface area contributed by atoms with E-state index >= 15 is 0 Å². The van der Waals surface area contributed by atoms with Crippen LogP contribution in [0.3, 0.4) is 0 Å². The first-order valence-electron chi connectivity index (χ1n) is 23.1. The largest absolute Gasteiger partial charge is 0.456 e. The van der Waals surface area contributed by atoms with Gasteiger partial charge in [0.05, 0.1) is 27.8 Å². The molecule has 0 spiro atoms. The molecule has 0 bridgehead atoms. The summed E-state index contributed by atoms with van der Waals surface area (Å²) in [5, 5.41) is 11.0. The highest BCUT2D eigenvalue weighted by molar-refractivity contribution is 6.18. The highest BCUT2D eigenvalue weighted by Crippen LogP contribution is 2.51. The van der Waals surface area contributed by atoms with Crippen molar-refractivity contribution in [3.63, 3.8) is 0 Å². The summed E-state index contributed by atoms with van der Waals surface area (Å²) in [7, 11) is 0. The predicted octanol–water partition coefficient (Wildman–Crippen LogP) is 15.5. The SMILES string of the molecule is CC1(C)c2ccccc2-c2cc3c4cc(-c5ccc6c(c5)c5cc7c(cc5n6C5N=C(c6ccccc6)C=C(C6=CCCC=C6)N5)oc5ccccc57)ccc4n(-c4ccccc4)c3cc21. The van der Waals surface area contributed by atoms with E-state index < -0.39 is 6.29 Å². The van der Waals surface area contributed by atoms with Gasteiger partial charge in [0.15, 0.2) is 0 Å². The van der Waals surface area contributed by atoms with E-state index in [0.717, 1.165) is 79.4 Å². The highest BCUT2D eigenvalue weighted by atomic mass is 16.3. The van der Waals surface area contributed by atoms with Crippen LogP contribution >= 0.6 is 0 Å². The van der Waals surface area contributed by atoms with Crippen LogP contribution in [-0.2, 0) is 5.41 Å². The lowest BCUT2D eigenvalue weighted by atomic mass is 9.82. The lowest BCUT2D eigenvalue weighted by molar-refractivity contribution is 0.484. The van der Waals surface area contributed by atoms with Crippen molar-refractivity contribution in [2.45, 2.75) is 38.4 Å². The van der Waals surface area contributed by atoms with Crippen LogP contribution in [0.5, 0.6) is 0 Å². The van der Waals surface area contributed by atoms with Gasteiger partial charge in [0, 0.05) is 55.2 Å². The van der Waals surface area contributed by atoms with E-state index in [9.17, 15) is 0 Å². The molecule has 1 atom stereocenters. The summed E-state index contributed by atoms with van der Waals surface area (Å²) in [5.41, 5.74) is 19.5. The fourth-order valence-corrected chi connectivity index (χ4v) is 11.3. The van der Waals surface area contributed by atoms with Gasteiger partial charge in [0.1, 0.15) is 11.2 Å². The Morgan fingerprint density at radius 3 is 2.08 bits per heavy atom. The van der Waals surface area contributed by atoms with Gasteiger partial charge < -0.3 is 18.9 Å². The quantitative estimate of drug-likeness (QED) is 0.188. The van der Waals surface area contributed by atoms with Crippen molar-refractivity contribution in [3.8, 4) is 27.9 Å². The number of aromatic nitrogens is 2. The van der Waals surface area contributed by atoms with E-state index in [4.69, 9.17) is 9.41 Å². The minimum atomic E-state index is -0.415. The van der Waals surface area contributed by atoms with E-state index in [1.54, 1.807) is 0 Å². The first-order valence-corrected chi connectivity index (χ1v) is 23.1. The molecular formula is C61H44N4O. The molecule has 5 heteroatoms. The topological polar surface area (TPSA) is 47.4 Å². The molecular weight excluding hydrogens is 805 g/mol. The van der Waals surface area contributed by atoms with Crippen LogP contribution in [0.1, 0.15) is 49.7 Å². The number of nitrogens with zero attached hydrogens (tertiary/aromatic N) is 3. The summed E-state index contributed by atoms with van der Waals surface area (Å²) < 4.78 is 11.4. The van der Waals surface area contributed by atoms with Crippen molar-refractivity contribution in [2.75, 3.05) is 0 Å². The van der Waals surface area contributed by atoms with E-state index in [2.05, 4.69) is 216 Å². The Labute approximate surface area is 381 Å². The smallest absolute Gasteiger partial charge is 0.201 e. The first kappa shape index (κ1) is 37.2. The summed E-state index contributed by atoms with van der Waals surface area (Å²) in [6.07, 6.45) is 10.7. The third kappa shape index (κ3) is 5.43. The van der Waals surface area contributed by atoms with E-state index in [1.807, 2.05) is 6.07 Å². The minimum absolute atomic E-state index is 0.101. The molecule has 1 N–H and O–H groups in total. The van der Waals surface area contributed by atoms with Crippen molar-refractivity contribution >= 4 is 71.3 Å². The third-order valence-electron chi connectivity index (χ3n) is 14.6. The number of fused-ring (bicyclic) bond motifs is 12. The van der Waals surface area contributed by atoms with Crippen molar-refractivity contribution in [2.24, 2.45) is 4.99 Å². The van der Waals surface area contributed by atoms with Gasteiger partial charge in [-0.25, -0.2) is 4.99 Å². The summed E-state index contributed by atoms with van der Waals surface area (Å²) >= 11 is 0. The zero-order valence-corrected chi connectivity index (χ0v) is 36.7. The fourth-order valence-electron chi connectivity index (χ4n) is 11.3. The molecule has 3 aromatic heterocycles. The second-order valence-corrected chi connectivity index (χ2v) is 18.6. The van der Waals surface area contributed by atoms with Crippen LogP contribution in [0.15, 0.2) is 215 Å². The van der Waals surface area contributed by atoms with Crippen molar-refractivity contribution in [3.05, 3.63) is 222 Å². The van der Waals surface area contributed by atoms with Crippen LogP contribution < -0.4 is 5.32 Å². The van der Waals surface area contributed by atoms with Gasteiger partial charge in [0.2, 0.25) is 6.29 Å². The fraction of sp³-hybridized carbons (Fsp3) is 0.0984. The van der Waals surface area contributed by atoms with Crippen LogP contribution in [0.25, 0.3) is 93.5 Å². The van der Waals surface area contributed by atoms with Crippen LogP contribution in [0.2, 0.25) is 0 Å². The van der Waals surface area contributed by atoms with Gasteiger partial charge in [-0.1, -0.05) is 135 Å². The zero-order valence-electron chi connectivity index (χ0n) is 36.7. The zero-order chi connectivity index (χ0) is 43.7.